The molecule has 0 rings (SSSR count). The molecule has 0 heterocycles. The zero-order chi connectivity index (χ0) is 12.2. The van der Waals surface area contributed by atoms with E-state index in [4.69, 9.17) is 4.74 Å². The maximum absolute atomic E-state index is 11.8. The Morgan fingerprint density at radius 2 is 1.62 bits per heavy atom. The summed E-state index contributed by atoms with van der Waals surface area (Å²) in [4.78, 5) is 13.8. The Kier molecular flexibility index (Phi) is 10.5. The normalized spacial score (nSPS) is 10.4. The van der Waals surface area contributed by atoms with Crippen molar-refractivity contribution in [2.45, 2.75) is 52.9 Å². The lowest BCUT2D eigenvalue weighted by atomic mass is 10.2. The van der Waals surface area contributed by atoms with E-state index in [0.717, 1.165) is 45.4 Å². The quantitative estimate of drug-likeness (QED) is 0.539. The van der Waals surface area contributed by atoms with E-state index >= 15 is 0 Å². The van der Waals surface area contributed by atoms with Gasteiger partial charge in [0.2, 0.25) is 5.91 Å². The minimum Gasteiger partial charge on any atom is -0.381 e. The van der Waals surface area contributed by atoms with Gasteiger partial charge in [-0.25, -0.2) is 0 Å². The average Bonchev–Trinajstić information content (AvgIpc) is 2.28. The molecule has 0 radical (unpaired) electrons. The average molecular weight is 229 g/mol. The van der Waals surface area contributed by atoms with Crippen LogP contribution in [0.3, 0.4) is 0 Å². The van der Waals surface area contributed by atoms with Gasteiger partial charge in [0, 0.05) is 32.7 Å². The van der Waals surface area contributed by atoms with Crippen LogP contribution in [0.15, 0.2) is 0 Å². The van der Waals surface area contributed by atoms with Gasteiger partial charge in [0.25, 0.3) is 0 Å². The van der Waals surface area contributed by atoms with Gasteiger partial charge in [0.1, 0.15) is 0 Å². The van der Waals surface area contributed by atoms with Crippen LogP contribution in [0.1, 0.15) is 52.9 Å². The molecule has 0 saturated carbocycles. The molecule has 0 aromatic heterocycles. The fraction of sp³-hybridized carbons (Fsp3) is 0.923. The van der Waals surface area contributed by atoms with Crippen LogP contribution in [-0.4, -0.2) is 37.1 Å². The number of nitrogens with zero attached hydrogens (tertiary/aromatic N) is 1. The van der Waals surface area contributed by atoms with Gasteiger partial charge in [0.15, 0.2) is 0 Å². The van der Waals surface area contributed by atoms with Gasteiger partial charge in [-0.05, 0) is 25.7 Å². The monoisotopic (exact) mass is 229 g/mol. The molecule has 0 aromatic rings. The van der Waals surface area contributed by atoms with Crippen LogP contribution in [0.5, 0.6) is 0 Å². The molecule has 0 aliphatic heterocycles. The SMILES string of the molecule is CCCOCCCC(=O)N(CCC)CCC. The molecule has 0 saturated heterocycles. The molecule has 0 bridgehead atoms. The van der Waals surface area contributed by atoms with Crippen molar-refractivity contribution >= 4 is 5.91 Å². The van der Waals surface area contributed by atoms with Crippen molar-refractivity contribution in [2.24, 2.45) is 0 Å². The molecule has 96 valence electrons. The largest absolute Gasteiger partial charge is 0.381 e. The molecule has 0 aliphatic carbocycles. The molecule has 16 heavy (non-hydrogen) atoms. The highest BCUT2D eigenvalue weighted by atomic mass is 16.5. The van der Waals surface area contributed by atoms with E-state index in [1.165, 1.54) is 0 Å². The van der Waals surface area contributed by atoms with Crippen molar-refractivity contribution in [2.75, 3.05) is 26.3 Å². The second-order valence-electron chi connectivity index (χ2n) is 4.10. The van der Waals surface area contributed by atoms with Gasteiger partial charge >= 0.3 is 0 Å². The highest BCUT2D eigenvalue weighted by molar-refractivity contribution is 5.76. The summed E-state index contributed by atoms with van der Waals surface area (Å²) in [7, 11) is 0. The second-order valence-corrected chi connectivity index (χ2v) is 4.10. The molecule has 0 spiro atoms. The van der Waals surface area contributed by atoms with Crippen molar-refractivity contribution < 1.29 is 9.53 Å². The minimum atomic E-state index is 0.281. The van der Waals surface area contributed by atoms with E-state index in [1.54, 1.807) is 0 Å². The van der Waals surface area contributed by atoms with Gasteiger partial charge < -0.3 is 9.64 Å². The Balaban J connectivity index is 3.65. The number of rotatable bonds is 10. The molecule has 0 atom stereocenters. The van der Waals surface area contributed by atoms with Gasteiger partial charge in [-0.2, -0.15) is 0 Å². The molecule has 0 aromatic carbocycles. The summed E-state index contributed by atoms with van der Waals surface area (Å²) >= 11 is 0. The van der Waals surface area contributed by atoms with Crippen molar-refractivity contribution in [1.29, 1.82) is 0 Å². The fourth-order valence-corrected chi connectivity index (χ4v) is 1.63. The third kappa shape index (κ3) is 7.69. The van der Waals surface area contributed by atoms with Crippen LogP contribution >= 0.6 is 0 Å². The van der Waals surface area contributed by atoms with Crippen LogP contribution in [0.25, 0.3) is 0 Å². The summed E-state index contributed by atoms with van der Waals surface area (Å²) < 4.78 is 5.36. The minimum absolute atomic E-state index is 0.281. The Morgan fingerprint density at radius 3 is 2.12 bits per heavy atom. The van der Waals surface area contributed by atoms with E-state index in [-0.39, 0.29) is 5.91 Å². The molecular formula is C13H27NO2. The lowest BCUT2D eigenvalue weighted by Crippen LogP contribution is -2.32. The zero-order valence-electron chi connectivity index (χ0n) is 11.1. The van der Waals surface area contributed by atoms with Crippen molar-refractivity contribution in [3.05, 3.63) is 0 Å². The first-order valence-corrected chi connectivity index (χ1v) is 6.61. The van der Waals surface area contributed by atoms with Crippen molar-refractivity contribution in [3.63, 3.8) is 0 Å². The highest BCUT2D eigenvalue weighted by Crippen LogP contribution is 2.01. The standard InChI is InChI=1S/C13H27NO2/c1-4-9-14(10-5-2)13(15)8-7-12-16-11-6-3/h4-12H2,1-3H3. The summed E-state index contributed by atoms with van der Waals surface area (Å²) in [6, 6.07) is 0. The summed E-state index contributed by atoms with van der Waals surface area (Å²) in [5, 5.41) is 0. The van der Waals surface area contributed by atoms with Crippen LogP contribution in [0.2, 0.25) is 0 Å². The predicted octanol–water partition coefficient (Wildman–Crippen LogP) is 2.84. The summed E-state index contributed by atoms with van der Waals surface area (Å²) in [6.07, 6.45) is 4.61. The summed E-state index contributed by atoms with van der Waals surface area (Å²) in [6.45, 7) is 9.62. The third-order valence-electron chi connectivity index (χ3n) is 2.37. The van der Waals surface area contributed by atoms with E-state index < -0.39 is 0 Å². The van der Waals surface area contributed by atoms with Gasteiger partial charge in [-0.3, -0.25) is 4.79 Å². The van der Waals surface area contributed by atoms with Crippen molar-refractivity contribution in [1.82, 2.24) is 4.90 Å². The van der Waals surface area contributed by atoms with Gasteiger partial charge in [0.05, 0.1) is 0 Å². The van der Waals surface area contributed by atoms with Crippen LogP contribution in [0.4, 0.5) is 0 Å². The van der Waals surface area contributed by atoms with Crippen LogP contribution in [-0.2, 0) is 9.53 Å². The van der Waals surface area contributed by atoms with E-state index in [1.807, 2.05) is 4.90 Å². The number of carbonyl (C=O) groups is 1. The topological polar surface area (TPSA) is 29.5 Å². The van der Waals surface area contributed by atoms with E-state index in [0.29, 0.717) is 13.0 Å². The fourth-order valence-electron chi connectivity index (χ4n) is 1.63. The maximum atomic E-state index is 11.8. The molecule has 0 unspecified atom stereocenters. The zero-order valence-corrected chi connectivity index (χ0v) is 11.1. The molecule has 3 heteroatoms. The lowest BCUT2D eigenvalue weighted by Gasteiger charge is -2.21. The summed E-state index contributed by atoms with van der Waals surface area (Å²) in [5.74, 6) is 0.281. The first kappa shape index (κ1) is 15.4. The number of hydrogen-bond acceptors (Lipinski definition) is 2. The first-order valence-electron chi connectivity index (χ1n) is 6.61. The first-order chi connectivity index (χ1) is 7.76. The van der Waals surface area contributed by atoms with Crippen LogP contribution < -0.4 is 0 Å². The molecule has 3 nitrogen and oxygen atoms in total. The predicted molar refractivity (Wildman–Crippen MR) is 67.5 cm³/mol. The smallest absolute Gasteiger partial charge is 0.222 e. The molecule has 0 N–H and O–H groups in total. The highest BCUT2D eigenvalue weighted by Gasteiger charge is 2.10. The molecule has 0 fully saturated rings. The lowest BCUT2D eigenvalue weighted by molar-refractivity contribution is -0.131. The molecule has 0 aliphatic rings. The number of amides is 1. The number of ether oxygens (including phenoxy) is 1. The maximum Gasteiger partial charge on any atom is 0.222 e. The Labute approximate surface area is 100 Å². The molecule has 1 amide bonds. The Bertz CT molecular complexity index is 165. The Morgan fingerprint density at radius 1 is 1.00 bits per heavy atom. The van der Waals surface area contributed by atoms with E-state index in [2.05, 4.69) is 20.8 Å². The Hall–Kier alpha value is -0.570. The van der Waals surface area contributed by atoms with Crippen molar-refractivity contribution in [3.8, 4) is 0 Å². The second kappa shape index (κ2) is 10.9. The van der Waals surface area contributed by atoms with E-state index in [9.17, 15) is 4.79 Å². The summed E-state index contributed by atoms with van der Waals surface area (Å²) in [5.41, 5.74) is 0. The number of hydrogen-bond donors (Lipinski definition) is 0. The number of carbonyl (C=O) groups excluding carboxylic acids is 1. The van der Waals surface area contributed by atoms with Crippen LogP contribution in [0, 0.1) is 0 Å². The van der Waals surface area contributed by atoms with Gasteiger partial charge in [-0.15, -0.1) is 0 Å². The molecular weight excluding hydrogens is 202 g/mol. The third-order valence-corrected chi connectivity index (χ3v) is 2.37. The van der Waals surface area contributed by atoms with Gasteiger partial charge in [-0.1, -0.05) is 20.8 Å².